The maximum absolute atomic E-state index is 12.5. The van der Waals surface area contributed by atoms with Crippen molar-refractivity contribution in [3.05, 3.63) is 29.9 Å². The smallest absolute Gasteiger partial charge is 0.263 e. The molecule has 0 N–H and O–H groups in total. The minimum Gasteiger partial charge on any atom is -0.481 e. The molecule has 1 atom stereocenters. The van der Waals surface area contributed by atoms with Crippen LogP contribution in [-0.2, 0) is 11.3 Å². The van der Waals surface area contributed by atoms with E-state index in [2.05, 4.69) is 10.1 Å². The van der Waals surface area contributed by atoms with Crippen molar-refractivity contribution in [2.24, 2.45) is 0 Å². The second-order valence-electron chi connectivity index (χ2n) is 6.17. The molecule has 0 fully saturated rings. The summed E-state index contributed by atoms with van der Waals surface area (Å²) in [7, 11) is 1.67. The van der Waals surface area contributed by atoms with Gasteiger partial charge in [-0.1, -0.05) is 19.0 Å². The first-order chi connectivity index (χ1) is 11.9. The van der Waals surface area contributed by atoms with Gasteiger partial charge in [-0.25, -0.2) is 0 Å². The van der Waals surface area contributed by atoms with Crippen LogP contribution in [0.3, 0.4) is 0 Å². The van der Waals surface area contributed by atoms with E-state index in [1.165, 1.54) is 4.90 Å². The molecule has 0 aliphatic carbocycles. The number of benzene rings is 1. The molecular weight excluding hydrogens is 326 g/mol. The summed E-state index contributed by atoms with van der Waals surface area (Å²) in [5.74, 6) is 2.81. The lowest BCUT2D eigenvalue weighted by Gasteiger charge is -2.21. The van der Waals surface area contributed by atoms with Crippen LogP contribution in [0.15, 0.2) is 22.7 Å². The standard InChI is InChI=1S/C17H21N3O5/c1-10(2)16-18-15(19-25-16)8-20(4)17(21)11(3)24-12-5-6-13-14(7-12)23-9-22-13/h5-7,10-11H,8-9H2,1-4H3/t11-/m1/s1. The van der Waals surface area contributed by atoms with E-state index in [9.17, 15) is 4.79 Å². The largest absolute Gasteiger partial charge is 0.481 e. The number of ether oxygens (including phenoxy) is 3. The molecule has 1 amide bonds. The van der Waals surface area contributed by atoms with Gasteiger partial charge in [0.25, 0.3) is 5.91 Å². The quantitative estimate of drug-likeness (QED) is 0.792. The van der Waals surface area contributed by atoms with E-state index in [4.69, 9.17) is 18.7 Å². The molecule has 25 heavy (non-hydrogen) atoms. The van der Waals surface area contributed by atoms with Crippen LogP contribution in [0.1, 0.15) is 38.4 Å². The third-order valence-electron chi connectivity index (χ3n) is 3.74. The predicted molar refractivity (Wildman–Crippen MR) is 87.5 cm³/mol. The first kappa shape index (κ1) is 17.1. The third-order valence-corrected chi connectivity index (χ3v) is 3.74. The number of carbonyl (C=O) groups is 1. The van der Waals surface area contributed by atoms with Crippen LogP contribution in [0.2, 0.25) is 0 Å². The molecule has 0 radical (unpaired) electrons. The topological polar surface area (TPSA) is 86.9 Å². The van der Waals surface area contributed by atoms with E-state index in [-0.39, 0.29) is 25.2 Å². The molecule has 1 aliphatic rings. The average Bonchev–Trinajstić information content (AvgIpc) is 3.22. The van der Waals surface area contributed by atoms with Crippen LogP contribution in [0.25, 0.3) is 0 Å². The van der Waals surface area contributed by atoms with Crippen LogP contribution in [0, 0.1) is 0 Å². The van der Waals surface area contributed by atoms with E-state index in [1.807, 2.05) is 13.8 Å². The van der Waals surface area contributed by atoms with Crippen LogP contribution in [0.4, 0.5) is 0 Å². The van der Waals surface area contributed by atoms with Crippen molar-refractivity contribution in [3.63, 3.8) is 0 Å². The Labute approximate surface area is 145 Å². The molecule has 0 bridgehead atoms. The Balaban J connectivity index is 1.59. The summed E-state index contributed by atoms with van der Waals surface area (Å²) in [4.78, 5) is 18.3. The summed E-state index contributed by atoms with van der Waals surface area (Å²) < 4.78 is 21.4. The summed E-state index contributed by atoms with van der Waals surface area (Å²) in [6.07, 6.45) is -0.665. The lowest BCUT2D eigenvalue weighted by atomic mass is 10.2. The summed E-state index contributed by atoms with van der Waals surface area (Å²) in [6.45, 7) is 6.07. The fraction of sp³-hybridized carbons (Fsp3) is 0.471. The normalized spacial score (nSPS) is 13.8. The first-order valence-corrected chi connectivity index (χ1v) is 8.08. The lowest BCUT2D eigenvalue weighted by molar-refractivity contribution is -0.137. The fourth-order valence-electron chi connectivity index (χ4n) is 2.37. The fourth-order valence-corrected chi connectivity index (χ4v) is 2.37. The summed E-state index contributed by atoms with van der Waals surface area (Å²) >= 11 is 0. The number of amides is 1. The highest BCUT2D eigenvalue weighted by Crippen LogP contribution is 2.35. The SMILES string of the molecule is CC(C)c1nc(CN(C)C(=O)[C@@H](C)Oc2ccc3c(c2)OCO3)no1. The van der Waals surface area contributed by atoms with Crippen molar-refractivity contribution in [2.45, 2.75) is 39.3 Å². The molecule has 2 heterocycles. The Bertz CT molecular complexity index is 758. The monoisotopic (exact) mass is 347 g/mol. The van der Waals surface area contributed by atoms with Gasteiger partial charge in [0, 0.05) is 19.0 Å². The zero-order valence-corrected chi connectivity index (χ0v) is 14.7. The maximum atomic E-state index is 12.5. The second-order valence-corrected chi connectivity index (χ2v) is 6.17. The Morgan fingerprint density at radius 1 is 1.28 bits per heavy atom. The van der Waals surface area contributed by atoms with Crippen molar-refractivity contribution in [1.82, 2.24) is 15.0 Å². The van der Waals surface area contributed by atoms with E-state index < -0.39 is 6.10 Å². The minimum atomic E-state index is -0.665. The molecule has 134 valence electrons. The zero-order chi connectivity index (χ0) is 18.0. The van der Waals surface area contributed by atoms with Gasteiger partial charge in [-0.15, -0.1) is 0 Å². The van der Waals surface area contributed by atoms with E-state index in [0.29, 0.717) is 29.0 Å². The van der Waals surface area contributed by atoms with Crippen LogP contribution >= 0.6 is 0 Å². The Morgan fingerprint density at radius 2 is 2.04 bits per heavy atom. The van der Waals surface area contributed by atoms with Crippen LogP contribution in [0.5, 0.6) is 17.2 Å². The van der Waals surface area contributed by atoms with Crippen molar-refractivity contribution in [2.75, 3.05) is 13.8 Å². The number of fused-ring (bicyclic) bond motifs is 1. The molecule has 0 saturated heterocycles. The summed E-state index contributed by atoms with van der Waals surface area (Å²) in [5, 5.41) is 3.89. The van der Waals surface area contributed by atoms with Crippen LogP contribution < -0.4 is 14.2 Å². The number of likely N-dealkylation sites (N-methyl/N-ethyl adjacent to an activating group) is 1. The highest BCUT2D eigenvalue weighted by molar-refractivity contribution is 5.80. The van der Waals surface area contributed by atoms with Gasteiger partial charge in [-0.05, 0) is 19.1 Å². The molecule has 1 aromatic carbocycles. The van der Waals surface area contributed by atoms with Gasteiger partial charge in [0.05, 0.1) is 6.54 Å². The Morgan fingerprint density at radius 3 is 2.76 bits per heavy atom. The molecule has 8 heteroatoms. The van der Waals surface area contributed by atoms with E-state index >= 15 is 0 Å². The average molecular weight is 347 g/mol. The minimum absolute atomic E-state index is 0.149. The van der Waals surface area contributed by atoms with Gasteiger partial charge < -0.3 is 23.6 Å². The molecular formula is C17H21N3O5. The van der Waals surface area contributed by atoms with E-state index in [1.54, 1.807) is 32.2 Å². The van der Waals surface area contributed by atoms with Gasteiger partial charge in [0.15, 0.2) is 23.4 Å². The van der Waals surface area contributed by atoms with Crippen molar-refractivity contribution in [1.29, 1.82) is 0 Å². The number of carbonyl (C=O) groups excluding carboxylic acids is 1. The Hall–Kier alpha value is -2.77. The van der Waals surface area contributed by atoms with Gasteiger partial charge in [-0.3, -0.25) is 4.79 Å². The number of nitrogens with zero attached hydrogens (tertiary/aromatic N) is 3. The molecule has 8 nitrogen and oxygen atoms in total. The number of aromatic nitrogens is 2. The summed E-state index contributed by atoms with van der Waals surface area (Å²) in [6, 6.07) is 5.21. The van der Waals surface area contributed by atoms with E-state index in [0.717, 1.165) is 0 Å². The second kappa shape index (κ2) is 7.00. The molecule has 0 unspecified atom stereocenters. The lowest BCUT2D eigenvalue weighted by Crippen LogP contribution is -2.37. The van der Waals surface area contributed by atoms with Gasteiger partial charge in [-0.2, -0.15) is 4.98 Å². The highest BCUT2D eigenvalue weighted by Gasteiger charge is 2.22. The molecule has 0 spiro atoms. The van der Waals surface area contributed by atoms with Gasteiger partial charge >= 0.3 is 0 Å². The molecule has 1 aromatic heterocycles. The summed E-state index contributed by atoms with van der Waals surface area (Å²) in [5.41, 5.74) is 0. The Kier molecular flexibility index (Phi) is 4.78. The van der Waals surface area contributed by atoms with Gasteiger partial charge in [0.2, 0.25) is 12.7 Å². The first-order valence-electron chi connectivity index (χ1n) is 8.08. The zero-order valence-electron chi connectivity index (χ0n) is 14.7. The predicted octanol–water partition coefficient (Wildman–Crippen LogP) is 2.35. The number of hydrogen-bond donors (Lipinski definition) is 0. The third kappa shape index (κ3) is 3.84. The molecule has 2 aromatic rings. The molecule has 0 saturated carbocycles. The number of hydrogen-bond acceptors (Lipinski definition) is 7. The van der Waals surface area contributed by atoms with Crippen molar-refractivity contribution in [3.8, 4) is 17.2 Å². The van der Waals surface area contributed by atoms with Crippen LogP contribution in [-0.4, -0.2) is 40.9 Å². The highest BCUT2D eigenvalue weighted by atomic mass is 16.7. The van der Waals surface area contributed by atoms with Crippen molar-refractivity contribution >= 4 is 5.91 Å². The van der Waals surface area contributed by atoms with Gasteiger partial charge in [0.1, 0.15) is 5.75 Å². The molecule has 3 rings (SSSR count). The molecule has 1 aliphatic heterocycles. The number of rotatable bonds is 6. The van der Waals surface area contributed by atoms with Crippen molar-refractivity contribution < 1.29 is 23.5 Å². The maximum Gasteiger partial charge on any atom is 0.263 e.